The van der Waals surface area contributed by atoms with Crippen LogP contribution in [0.3, 0.4) is 0 Å². The first-order chi connectivity index (χ1) is 10.1. The van der Waals surface area contributed by atoms with E-state index in [-0.39, 0.29) is 6.10 Å². The Morgan fingerprint density at radius 1 is 0.952 bits per heavy atom. The van der Waals surface area contributed by atoms with Crippen LogP contribution in [0.1, 0.15) is 11.7 Å². The second kappa shape index (κ2) is 6.88. The second-order valence-electron chi connectivity index (χ2n) is 5.92. The summed E-state index contributed by atoms with van der Waals surface area (Å²) in [5, 5.41) is 1.44. The fourth-order valence-corrected chi connectivity index (χ4v) is 6.10. The van der Waals surface area contributed by atoms with E-state index in [0.717, 1.165) is 0 Å². The summed E-state index contributed by atoms with van der Waals surface area (Å²) < 4.78 is 5.86. The first-order valence-corrected chi connectivity index (χ1v) is 10.4. The Kier molecular flexibility index (Phi) is 5.15. The Bertz CT molecular complexity index is 563. The van der Waals surface area contributed by atoms with E-state index in [4.69, 9.17) is 4.74 Å². The average molecular weight is 296 g/mol. The number of methoxy groups -OCH3 is 1. The molecule has 2 atom stereocenters. The molecule has 0 aromatic heterocycles. The van der Waals surface area contributed by atoms with E-state index in [0.29, 0.717) is 5.54 Å². The molecule has 1 nitrogen and oxygen atoms in total. The van der Waals surface area contributed by atoms with Gasteiger partial charge in [-0.15, -0.1) is 6.58 Å². The van der Waals surface area contributed by atoms with Crippen LogP contribution in [0, 0.1) is 0 Å². The van der Waals surface area contributed by atoms with Crippen LogP contribution in [0.15, 0.2) is 73.3 Å². The fourth-order valence-electron chi connectivity index (χ4n) is 2.99. The third kappa shape index (κ3) is 3.34. The predicted molar refractivity (Wildman–Crippen MR) is 93.7 cm³/mol. The molecule has 0 heterocycles. The Morgan fingerprint density at radius 3 is 1.95 bits per heavy atom. The fraction of sp³-hybridized carbons (Fsp3) is 0.263. The zero-order valence-electron chi connectivity index (χ0n) is 13.1. The Labute approximate surface area is 129 Å². The Hall–Kier alpha value is -1.64. The van der Waals surface area contributed by atoms with Crippen molar-refractivity contribution in [2.75, 3.05) is 7.11 Å². The van der Waals surface area contributed by atoms with Crippen molar-refractivity contribution in [3.8, 4) is 0 Å². The van der Waals surface area contributed by atoms with E-state index in [9.17, 15) is 0 Å². The SMILES string of the molecule is C=C[C@H]([C@@H](OC)c1ccccc1)[Si](C)(C)c1ccccc1. The van der Waals surface area contributed by atoms with Crippen molar-refractivity contribution in [2.45, 2.75) is 24.7 Å². The lowest BCUT2D eigenvalue weighted by molar-refractivity contribution is 0.105. The van der Waals surface area contributed by atoms with Gasteiger partial charge in [0.2, 0.25) is 0 Å². The largest absolute Gasteiger partial charge is 0.376 e. The minimum atomic E-state index is -1.72. The standard InChI is InChI=1S/C19H24OSi/c1-5-18(19(20-2)16-12-8-6-9-13-16)21(3,4)17-14-10-7-11-15-17/h5-15,18-19H,1H2,2-4H3/t18-,19+/m1/s1. The van der Waals surface area contributed by atoms with Crippen molar-refractivity contribution in [1.29, 1.82) is 0 Å². The number of ether oxygens (including phenoxy) is 1. The van der Waals surface area contributed by atoms with Crippen LogP contribution < -0.4 is 5.19 Å². The van der Waals surface area contributed by atoms with Gasteiger partial charge < -0.3 is 4.74 Å². The van der Waals surface area contributed by atoms with Crippen molar-refractivity contribution < 1.29 is 4.74 Å². The average Bonchev–Trinajstić information content (AvgIpc) is 2.54. The number of rotatable bonds is 6. The third-order valence-electron chi connectivity index (χ3n) is 4.31. The lowest BCUT2D eigenvalue weighted by atomic mass is 10.1. The Balaban J connectivity index is 2.40. The van der Waals surface area contributed by atoms with Gasteiger partial charge in [-0.25, -0.2) is 0 Å². The molecule has 0 unspecified atom stereocenters. The molecule has 0 aliphatic carbocycles. The van der Waals surface area contributed by atoms with Gasteiger partial charge in [0.25, 0.3) is 0 Å². The highest BCUT2D eigenvalue weighted by Gasteiger charge is 2.37. The van der Waals surface area contributed by atoms with Gasteiger partial charge in [0.15, 0.2) is 0 Å². The van der Waals surface area contributed by atoms with Crippen LogP contribution in [0.5, 0.6) is 0 Å². The van der Waals surface area contributed by atoms with Crippen molar-refractivity contribution in [3.05, 3.63) is 78.9 Å². The molecule has 110 valence electrons. The van der Waals surface area contributed by atoms with Gasteiger partial charge in [-0.05, 0) is 5.56 Å². The number of benzene rings is 2. The van der Waals surface area contributed by atoms with Crippen LogP contribution in [0.4, 0.5) is 0 Å². The monoisotopic (exact) mass is 296 g/mol. The summed E-state index contributed by atoms with van der Waals surface area (Å²) in [7, 11) is 0.0765. The Morgan fingerprint density at radius 2 is 1.48 bits per heavy atom. The second-order valence-corrected chi connectivity index (χ2v) is 10.6. The maximum atomic E-state index is 5.86. The molecule has 2 rings (SSSR count). The van der Waals surface area contributed by atoms with E-state index in [1.807, 2.05) is 6.07 Å². The molecule has 0 amide bonds. The van der Waals surface area contributed by atoms with Crippen LogP contribution >= 0.6 is 0 Å². The normalized spacial score (nSPS) is 14.4. The summed E-state index contributed by atoms with van der Waals surface area (Å²) in [6.07, 6.45) is 2.14. The highest BCUT2D eigenvalue weighted by atomic mass is 28.3. The molecule has 0 fully saturated rings. The highest BCUT2D eigenvalue weighted by Crippen LogP contribution is 2.38. The molecule has 21 heavy (non-hydrogen) atoms. The van der Waals surface area contributed by atoms with Gasteiger partial charge >= 0.3 is 0 Å². The maximum Gasteiger partial charge on any atom is 0.0906 e. The van der Waals surface area contributed by atoms with Crippen LogP contribution in [0.25, 0.3) is 0 Å². The van der Waals surface area contributed by atoms with Gasteiger partial charge in [-0.2, -0.15) is 0 Å². The molecule has 2 aromatic carbocycles. The van der Waals surface area contributed by atoms with Crippen molar-refractivity contribution >= 4 is 13.3 Å². The van der Waals surface area contributed by atoms with Gasteiger partial charge in [-0.1, -0.05) is 85.0 Å². The van der Waals surface area contributed by atoms with Crippen molar-refractivity contribution in [3.63, 3.8) is 0 Å². The van der Waals surface area contributed by atoms with Crippen molar-refractivity contribution in [2.24, 2.45) is 0 Å². The van der Waals surface area contributed by atoms with Crippen LogP contribution in [-0.4, -0.2) is 15.2 Å². The topological polar surface area (TPSA) is 9.23 Å². The number of hydrogen-bond acceptors (Lipinski definition) is 1. The smallest absolute Gasteiger partial charge is 0.0906 e. The van der Waals surface area contributed by atoms with E-state index >= 15 is 0 Å². The van der Waals surface area contributed by atoms with E-state index in [1.165, 1.54) is 10.8 Å². The van der Waals surface area contributed by atoms with Crippen LogP contribution in [0.2, 0.25) is 18.6 Å². The zero-order valence-corrected chi connectivity index (χ0v) is 14.1. The lowest BCUT2D eigenvalue weighted by Crippen LogP contribution is -2.47. The molecule has 0 bridgehead atoms. The molecule has 0 aliphatic rings. The highest BCUT2D eigenvalue weighted by molar-refractivity contribution is 6.91. The summed E-state index contributed by atoms with van der Waals surface area (Å²) in [5.74, 6) is 0. The minimum Gasteiger partial charge on any atom is -0.376 e. The zero-order chi connectivity index (χ0) is 15.3. The first-order valence-electron chi connectivity index (χ1n) is 7.37. The molecule has 0 saturated heterocycles. The summed E-state index contributed by atoms with van der Waals surface area (Å²) >= 11 is 0. The van der Waals surface area contributed by atoms with Gasteiger partial charge in [0.1, 0.15) is 0 Å². The number of hydrogen-bond donors (Lipinski definition) is 0. The lowest BCUT2D eigenvalue weighted by Gasteiger charge is -2.36. The first kappa shape index (κ1) is 15.7. The van der Waals surface area contributed by atoms with Gasteiger partial charge in [-0.3, -0.25) is 0 Å². The molecule has 0 spiro atoms. The van der Waals surface area contributed by atoms with Gasteiger partial charge in [0, 0.05) is 12.7 Å². The summed E-state index contributed by atoms with van der Waals surface area (Å²) in [5.41, 5.74) is 1.55. The summed E-state index contributed by atoms with van der Waals surface area (Å²) in [6.45, 7) is 8.89. The van der Waals surface area contributed by atoms with E-state index in [1.54, 1.807) is 7.11 Å². The van der Waals surface area contributed by atoms with Crippen molar-refractivity contribution in [1.82, 2.24) is 0 Å². The summed E-state index contributed by atoms with van der Waals surface area (Å²) in [6, 6.07) is 21.2. The quantitative estimate of drug-likeness (QED) is 0.561. The molecular formula is C19H24OSi. The molecule has 0 radical (unpaired) electrons. The minimum absolute atomic E-state index is 0.0607. The molecular weight excluding hydrogens is 272 g/mol. The molecule has 0 aliphatic heterocycles. The molecule has 2 heteroatoms. The van der Waals surface area contributed by atoms with E-state index in [2.05, 4.69) is 80.3 Å². The predicted octanol–water partition coefficient (Wildman–Crippen LogP) is 4.55. The molecule has 2 aromatic rings. The third-order valence-corrected chi connectivity index (χ3v) is 8.34. The molecule has 0 N–H and O–H groups in total. The van der Waals surface area contributed by atoms with Gasteiger partial charge in [0.05, 0.1) is 14.2 Å². The van der Waals surface area contributed by atoms with E-state index < -0.39 is 8.07 Å². The van der Waals surface area contributed by atoms with Crippen LogP contribution in [-0.2, 0) is 4.74 Å². The maximum absolute atomic E-state index is 5.86. The summed E-state index contributed by atoms with van der Waals surface area (Å²) in [4.78, 5) is 0. The molecule has 0 saturated carbocycles.